The molecule has 19 heavy (non-hydrogen) atoms. The number of nitrogens with two attached hydrogens (primary N) is 1. The average molecular weight is 251 g/mol. The Hall–Kier alpha value is -2.62. The van der Waals surface area contributed by atoms with Crippen molar-refractivity contribution in [3.8, 4) is 5.88 Å². The summed E-state index contributed by atoms with van der Waals surface area (Å²) in [7, 11) is 0. The normalized spacial score (nSPS) is 10.5. The molecular formula is C15H13N3O. The monoisotopic (exact) mass is 251 g/mol. The first-order valence-electron chi connectivity index (χ1n) is 6.01. The number of para-hydroxylation sites is 1. The SMILES string of the molecule is Nc1cccc(COc2ccc3ccccc3n2)n1. The topological polar surface area (TPSA) is 61.0 Å². The van der Waals surface area contributed by atoms with Crippen molar-refractivity contribution >= 4 is 16.7 Å². The van der Waals surface area contributed by atoms with Crippen LogP contribution in [0.3, 0.4) is 0 Å². The number of benzene rings is 1. The van der Waals surface area contributed by atoms with Gasteiger partial charge in [-0.05, 0) is 24.3 Å². The minimum atomic E-state index is 0.358. The number of aromatic nitrogens is 2. The highest BCUT2D eigenvalue weighted by molar-refractivity contribution is 5.78. The van der Waals surface area contributed by atoms with Crippen molar-refractivity contribution in [1.29, 1.82) is 0 Å². The van der Waals surface area contributed by atoms with Gasteiger partial charge in [0.05, 0.1) is 11.2 Å². The molecule has 0 unspecified atom stereocenters. The van der Waals surface area contributed by atoms with E-state index in [2.05, 4.69) is 9.97 Å². The minimum Gasteiger partial charge on any atom is -0.471 e. The Labute approximate surface area is 110 Å². The zero-order valence-electron chi connectivity index (χ0n) is 10.3. The fourth-order valence-corrected chi connectivity index (χ4v) is 1.85. The second kappa shape index (κ2) is 4.94. The van der Waals surface area contributed by atoms with Crippen molar-refractivity contribution in [1.82, 2.24) is 9.97 Å². The number of hydrogen-bond acceptors (Lipinski definition) is 4. The molecule has 0 saturated carbocycles. The largest absolute Gasteiger partial charge is 0.471 e. The van der Waals surface area contributed by atoms with Crippen LogP contribution in [0.25, 0.3) is 10.9 Å². The molecule has 0 spiro atoms. The van der Waals surface area contributed by atoms with E-state index in [0.29, 0.717) is 18.3 Å². The highest BCUT2D eigenvalue weighted by atomic mass is 16.5. The van der Waals surface area contributed by atoms with Crippen LogP contribution >= 0.6 is 0 Å². The lowest BCUT2D eigenvalue weighted by Crippen LogP contribution is -2.01. The zero-order valence-corrected chi connectivity index (χ0v) is 10.3. The molecule has 0 aliphatic rings. The number of rotatable bonds is 3. The van der Waals surface area contributed by atoms with E-state index in [1.165, 1.54) is 0 Å². The second-order valence-corrected chi connectivity index (χ2v) is 4.18. The van der Waals surface area contributed by atoms with Gasteiger partial charge in [-0.25, -0.2) is 9.97 Å². The van der Waals surface area contributed by atoms with Crippen molar-refractivity contribution in [2.45, 2.75) is 6.61 Å². The van der Waals surface area contributed by atoms with Gasteiger partial charge in [-0.1, -0.05) is 24.3 Å². The Bertz CT molecular complexity index is 712. The van der Waals surface area contributed by atoms with E-state index in [1.54, 1.807) is 6.07 Å². The quantitative estimate of drug-likeness (QED) is 0.777. The third-order valence-electron chi connectivity index (χ3n) is 2.77. The Morgan fingerprint density at radius 3 is 2.68 bits per heavy atom. The molecule has 3 rings (SSSR count). The van der Waals surface area contributed by atoms with Crippen molar-refractivity contribution in [2.75, 3.05) is 5.73 Å². The Morgan fingerprint density at radius 2 is 1.79 bits per heavy atom. The predicted octanol–water partition coefficient (Wildman–Crippen LogP) is 2.79. The molecular weight excluding hydrogens is 238 g/mol. The molecule has 0 amide bonds. The number of pyridine rings is 2. The van der Waals surface area contributed by atoms with E-state index in [9.17, 15) is 0 Å². The van der Waals surface area contributed by atoms with Crippen LogP contribution in [0.5, 0.6) is 5.88 Å². The maximum Gasteiger partial charge on any atom is 0.214 e. The molecule has 2 aromatic heterocycles. The van der Waals surface area contributed by atoms with Crippen molar-refractivity contribution < 1.29 is 4.74 Å². The summed E-state index contributed by atoms with van der Waals surface area (Å²) in [6, 6.07) is 17.2. The zero-order chi connectivity index (χ0) is 13.1. The van der Waals surface area contributed by atoms with Crippen LogP contribution in [0.15, 0.2) is 54.6 Å². The van der Waals surface area contributed by atoms with E-state index < -0.39 is 0 Å². The highest BCUT2D eigenvalue weighted by Gasteiger charge is 2.00. The number of anilines is 1. The Balaban J connectivity index is 1.78. The number of nitrogens with zero attached hydrogens (tertiary/aromatic N) is 2. The van der Waals surface area contributed by atoms with Gasteiger partial charge in [0, 0.05) is 11.5 Å². The first kappa shape index (κ1) is 11.5. The lowest BCUT2D eigenvalue weighted by molar-refractivity contribution is 0.290. The predicted molar refractivity (Wildman–Crippen MR) is 74.7 cm³/mol. The van der Waals surface area contributed by atoms with Crippen LogP contribution in [0.1, 0.15) is 5.69 Å². The van der Waals surface area contributed by atoms with Crippen LogP contribution in [-0.4, -0.2) is 9.97 Å². The summed E-state index contributed by atoms with van der Waals surface area (Å²) >= 11 is 0. The molecule has 4 heteroatoms. The third kappa shape index (κ3) is 2.63. The fourth-order valence-electron chi connectivity index (χ4n) is 1.85. The van der Waals surface area contributed by atoms with Crippen LogP contribution < -0.4 is 10.5 Å². The van der Waals surface area contributed by atoms with Crippen molar-refractivity contribution in [3.63, 3.8) is 0 Å². The molecule has 0 bridgehead atoms. The summed E-state index contributed by atoms with van der Waals surface area (Å²) in [5.74, 6) is 1.08. The summed E-state index contributed by atoms with van der Waals surface area (Å²) in [5, 5.41) is 1.09. The molecule has 0 aliphatic heterocycles. The van der Waals surface area contributed by atoms with Crippen LogP contribution in [0.2, 0.25) is 0 Å². The fraction of sp³-hybridized carbons (Fsp3) is 0.0667. The standard InChI is InChI=1S/C15H13N3O/c16-14-7-3-5-12(17-14)10-19-15-9-8-11-4-1-2-6-13(11)18-15/h1-9H,10H2,(H2,16,17). The van der Waals surface area contributed by atoms with E-state index in [-0.39, 0.29) is 0 Å². The van der Waals surface area contributed by atoms with Crippen LogP contribution in [-0.2, 0) is 6.61 Å². The van der Waals surface area contributed by atoms with E-state index in [4.69, 9.17) is 10.5 Å². The lowest BCUT2D eigenvalue weighted by Gasteiger charge is -2.06. The van der Waals surface area contributed by atoms with Crippen molar-refractivity contribution in [3.05, 3.63) is 60.3 Å². The van der Waals surface area contributed by atoms with Gasteiger partial charge in [0.15, 0.2) is 0 Å². The number of hydrogen-bond donors (Lipinski definition) is 1. The molecule has 0 saturated heterocycles. The van der Waals surface area contributed by atoms with Gasteiger partial charge in [-0.3, -0.25) is 0 Å². The molecule has 94 valence electrons. The molecule has 0 aliphatic carbocycles. The molecule has 0 fully saturated rings. The summed E-state index contributed by atoms with van der Waals surface area (Å²) in [5.41, 5.74) is 7.32. The smallest absolute Gasteiger partial charge is 0.214 e. The van der Waals surface area contributed by atoms with Gasteiger partial charge in [0.2, 0.25) is 5.88 Å². The van der Waals surface area contributed by atoms with Gasteiger partial charge < -0.3 is 10.5 Å². The number of ether oxygens (including phenoxy) is 1. The van der Waals surface area contributed by atoms with Gasteiger partial charge >= 0.3 is 0 Å². The minimum absolute atomic E-state index is 0.358. The molecule has 0 atom stereocenters. The van der Waals surface area contributed by atoms with Crippen molar-refractivity contribution in [2.24, 2.45) is 0 Å². The van der Waals surface area contributed by atoms with E-state index >= 15 is 0 Å². The summed E-state index contributed by atoms with van der Waals surface area (Å²) in [6.07, 6.45) is 0. The lowest BCUT2D eigenvalue weighted by atomic mass is 10.2. The van der Waals surface area contributed by atoms with Crippen LogP contribution in [0, 0.1) is 0 Å². The number of fused-ring (bicyclic) bond motifs is 1. The summed E-state index contributed by atoms with van der Waals surface area (Å²) in [4.78, 5) is 8.61. The molecule has 3 aromatic rings. The molecule has 4 nitrogen and oxygen atoms in total. The second-order valence-electron chi connectivity index (χ2n) is 4.18. The molecule has 2 N–H and O–H groups in total. The first-order valence-corrected chi connectivity index (χ1v) is 6.01. The maximum absolute atomic E-state index is 5.63. The molecule has 2 heterocycles. The van der Waals surface area contributed by atoms with Gasteiger partial charge in [0.25, 0.3) is 0 Å². The van der Waals surface area contributed by atoms with Gasteiger partial charge in [0.1, 0.15) is 12.4 Å². The molecule has 0 radical (unpaired) electrons. The Morgan fingerprint density at radius 1 is 0.895 bits per heavy atom. The highest BCUT2D eigenvalue weighted by Crippen LogP contribution is 2.16. The molecule has 1 aromatic carbocycles. The summed E-state index contributed by atoms with van der Waals surface area (Å²) in [6.45, 7) is 0.358. The van der Waals surface area contributed by atoms with Gasteiger partial charge in [-0.15, -0.1) is 0 Å². The number of nitrogen functional groups attached to an aromatic ring is 1. The Kier molecular flexibility index (Phi) is 2.98. The first-order chi connectivity index (χ1) is 9.31. The maximum atomic E-state index is 5.63. The average Bonchev–Trinajstić information content (AvgIpc) is 2.45. The van der Waals surface area contributed by atoms with E-state index in [0.717, 1.165) is 16.6 Å². The summed E-state index contributed by atoms with van der Waals surface area (Å²) < 4.78 is 5.63. The van der Waals surface area contributed by atoms with E-state index in [1.807, 2.05) is 48.5 Å². The van der Waals surface area contributed by atoms with Crippen LogP contribution in [0.4, 0.5) is 5.82 Å². The van der Waals surface area contributed by atoms with Gasteiger partial charge in [-0.2, -0.15) is 0 Å². The third-order valence-corrected chi connectivity index (χ3v) is 2.77.